The number of halogens is 3. The van der Waals surface area contributed by atoms with Crippen LogP contribution in [0.15, 0.2) is 48.5 Å². The second-order valence-electron chi connectivity index (χ2n) is 7.33. The highest BCUT2D eigenvalue weighted by Crippen LogP contribution is 2.40. The lowest BCUT2D eigenvalue weighted by molar-refractivity contribution is -0.139. The Hall–Kier alpha value is -3.23. The predicted molar refractivity (Wildman–Crippen MR) is 104 cm³/mol. The zero-order valence-corrected chi connectivity index (χ0v) is 16.8. The molecule has 1 amide bonds. The molecule has 1 saturated heterocycles. The lowest BCUT2D eigenvalue weighted by Crippen LogP contribution is -2.49. The maximum Gasteiger partial charge on any atom is 0.411 e. The van der Waals surface area contributed by atoms with Crippen molar-refractivity contribution in [3.8, 4) is 5.75 Å². The summed E-state index contributed by atoms with van der Waals surface area (Å²) >= 11 is 0. The topological polar surface area (TPSA) is 76.1 Å². The van der Waals surface area contributed by atoms with Crippen LogP contribution in [0.3, 0.4) is 0 Å². The molecule has 6 nitrogen and oxygen atoms in total. The number of carbonyl (C=O) groups excluding carboxylic acids is 1. The monoisotopic (exact) mass is 437 g/mol. The number of carbonyl (C=O) groups is 2. The van der Waals surface area contributed by atoms with Crippen LogP contribution in [0.2, 0.25) is 0 Å². The molecule has 9 heteroatoms. The lowest BCUT2D eigenvalue weighted by Gasteiger charge is -2.43. The van der Waals surface area contributed by atoms with Crippen molar-refractivity contribution >= 4 is 12.1 Å². The zero-order chi connectivity index (χ0) is 22.6. The van der Waals surface area contributed by atoms with E-state index in [0.29, 0.717) is 17.5 Å². The molecule has 0 aliphatic carbocycles. The van der Waals surface area contributed by atoms with Gasteiger partial charge in [0.15, 0.2) is 0 Å². The van der Waals surface area contributed by atoms with Crippen LogP contribution in [-0.2, 0) is 15.1 Å². The van der Waals surface area contributed by atoms with E-state index < -0.39 is 36.1 Å². The Morgan fingerprint density at radius 3 is 2.39 bits per heavy atom. The summed E-state index contributed by atoms with van der Waals surface area (Å²) in [6.45, 7) is -0.885. The van der Waals surface area contributed by atoms with Gasteiger partial charge >= 0.3 is 18.7 Å². The zero-order valence-electron chi connectivity index (χ0n) is 16.8. The summed E-state index contributed by atoms with van der Waals surface area (Å²) in [4.78, 5) is 25.5. The second kappa shape index (κ2) is 9.28. The highest BCUT2D eigenvalue weighted by atomic mass is 19.3. The third-order valence-electron chi connectivity index (χ3n) is 5.44. The number of ether oxygens (including phenoxy) is 2. The molecule has 1 aliphatic heterocycles. The molecule has 2 aromatic carbocycles. The Bertz CT molecular complexity index is 920. The minimum absolute atomic E-state index is 0.0103. The number of hydrogen-bond acceptors (Lipinski definition) is 4. The lowest BCUT2D eigenvalue weighted by atomic mass is 9.84. The van der Waals surface area contributed by atoms with Gasteiger partial charge in [0, 0.05) is 25.8 Å². The predicted octanol–water partition coefficient (Wildman–Crippen LogP) is 5.09. The van der Waals surface area contributed by atoms with Crippen molar-refractivity contribution in [2.75, 3.05) is 6.54 Å². The summed E-state index contributed by atoms with van der Waals surface area (Å²) in [7, 11) is 0. The smallest absolute Gasteiger partial charge is 0.411 e. The minimum atomic E-state index is -2.93. The Balaban J connectivity index is 1.78. The molecular formula is C22H22F3NO5. The average Bonchev–Trinajstić information content (AvgIpc) is 2.72. The van der Waals surface area contributed by atoms with Gasteiger partial charge in [0.25, 0.3) is 0 Å². The van der Waals surface area contributed by atoms with Crippen molar-refractivity contribution in [2.24, 2.45) is 0 Å². The van der Waals surface area contributed by atoms with Crippen LogP contribution in [-0.4, -0.2) is 35.2 Å². The molecule has 3 rings (SSSR count). The first kappa shape index (κ1) is 22.5. The highest BCUT2D eigenvalue weighted by Gasteiger charge is 2.43. The van der Waals surface area contributed by atoms with Crippen LogP contribution in [0.5, 0.6) is 5.75 Å². The van der Waals surface area contributed by atoms with Gasteiger partial charge in [-0.2, -0.15) is 8.78 Å². The first-order valence-corrected chi connectivity index (χ1v) is 9.72. The van der Waals surface area contributed by atoms with E-state index >= 15 is 0 Å². The van der Waals surface area contributed by atoms with Crippen LogP contribution in [0, 0.1) is 5.82 Å². The molecule has 0 saturated carbocycles. The average molecular weight is 437 g/mol. The van der Waals surface area contributed by atoms with Gasteiger partial charge in [0.1, 0.15) is 17.2 Å². The van der Waals surface area contributed by atoms with Crippen molar-refractivity contribution in [3.05, 3.63) is 65.5 Å². The van der Waals surface area contributed by atoms with Crippen LogP contribution in [0.25, 0.3) is 0 Å². The van der Waals surface area contributed by atoms with Gasteiger partial charge in [-0.25, -0.2) is 9.18 Å². The molecule has 166 valence electrons. The van der Waals surface area contributed by atoms with Gasteiger partial charge < -0.3 is 19.5 Å². The van der Waals surface area contributed by atoms with Crippen molar-refractivity contribution in [2.45, 2.75) is 44.4 Å². The first-order valence-electron chi connectivity index (χ1n) is 9.72. The molecule has 0 bridgehead atoms. The fourth-order valence-electron chi connectivity index (χ4n) is 3.71. The number of carboxylic acid groups (broad SMARTS) is 1. The van der Waals surface area contributed by atoms with E-state index in [2.05, 4.69) is 4.74 Å². The van der Waals surface area contributed by atoms with E-state index in [-0.39, 0.29) is 25.1 Å². The van der Waals surface area contributed by atoms with Gasteiger partial charge in [-0.15, -0.1) is 0 Å². The molecule has 31 heavy (non-hydrogen) atoms. The van der Waals surface area contributed by atoms with E-state index in [9.17, 15) is 22.8 Å². The summed E-state index contributed by atoms with van der Waals surface area (Å²) < 4.78 is 48.1. The number of nitrogens with zero attached hydrogens (tertiary/aromatic N) is 1. The normalized spacial score (nSPS) is 19.8. The number of aliphatic carboxylic acids is 1. The van der Waals surface area contributed by atoms with Crippen molar-refractivity contribution in [1.82, 2.24) is 4.90 Å². The van der Waals surface area contributed by atoms with Crippen LogP contribution >= 0.6 is 0 Å². The quantitative estimate of drug-likeness (QED) is 0.623. The molecule has 0 spiro atoms. The van der Waals surface area contributed by atoms with Crippen molar-refractivity contribution in [3.63, 3.8) is 0 Å². The van der Waals surface area contributed by atoms with E-state index in [0.717, 1.165) is 0 Å². The number of rotatable bonds is 8. The highest BCUT2D eigenvalue weighted by molar-refractivity contribution is 5.71. The van der Waals surface area contributed by atoms with Crippen molar-refractivity contribution < 1.29 is 37.3 Å². The number of amides is 1. The van der Waals surface area contributed by atoms with Crippen molar-refractivity contribution in [1.29, 1.82) is 0 Å². The van der Waals surface area contributed by atoms with E-state index in [1.165, 1.54) is 41.3 Å². The summed E-state index contributed by atoms with van der Waals surface area (Å²) in [6.07, 6.45) is -0.483. The van der Waals surface area contributed by atoms with Gasteiger partial charge in [-0.05, 0) is 42.3 Å². The van der Waals surface area contributed by atoms with Gasteiger partial charge in [-0.1, -0.05) is 24.3 Å². The molecule has 1 heterocycles. The minimum Gasteiger partial charge on any atom is -0.481 e. The number of cyclic esters (lactones) is 1. The molecule has 1 aliphatic rings. The molecule has 0 aromatic heterocycles. The van der Waals surface area contributed by atoms with Crippen LogP contribution in [0.4, 0.5) is 18.0 Å². The number of alkyl halides is 2. The molecule has 2 aromatic rings. The summed E-state index contributed by atoms with van der Waals surface area (Å²) in [6, 6.07) is 11.0. The summed E-state index contributed by atoms with van der Waals surface area (Å²) in [5.41, 5.74) is 0.0524. The Labute approximate surface area is 177 Å². The fourth-order valence-corrected chi connectivity index (χ4v) is 3.71. The standard InChI is InChI=1S/C22H22F3NO5/c1-14(15-2-8-18(9-3-15)30-20(24)25)26-13-12-22(31-21(26)29,11-10-19(27)28)16-4-6-17(23)7-5-16/h2-9,14,20H,10-13H2,1H3,(H,27,28)/t14-,22?/m0/s1. The molecule has 2 atom stereocenters. The van der Waals surface area contributed by atoms with E-state index in [1.807, 2.05) is 0 Å². The fraction of sp³-hybridized carbons (Fsp3) is 0.364. The molecule has 1 fully saturated rings. The van der Waals surface area contributed by atoms with E-state index in [1.54, 1.807) is 19.1 Å². The third-order valence-corrected chi connectivity index (χ3v) is 5.44. The van der Waals surface area contributed by atoms with E-state index in [4.69, 9.17) is 9.84 Å². The molecule has 1 unspecified atom stereocenters. The van der Waals surface area contributed by atoms with Gasteiger partial charge in [-0.3, -0.25) is 4.79 Å². The Morgan fingerprint density at radius 1 is 1.19 bits per heavy atom. The first-order chi connectivity index (χ1) is 14.7. The number of carboxylic acids is 1. The number of benzene rings is 2. The summed E-state index contributed by atoms with van der Waals surface area (Å²) in [5.74, 6) is -1.47. The van der Waals surface area contributed by atoms with Gasteiger partial charge in [0.05, 0.1) is 6.04 Å². The maximum absolute atomic E-state index is 13.4. The van der Waals surface area contributed by atoms with Crippen LogP contribution in [0.1, 0.15) is 43.4 Å². The molecular weight excluding hydrogens is 415 g/mol. The van der Waals surface area contributed by atoms with Gasteiger partial charge in [0.2, 0.25) is 0 Å². The molecule has 0 radical (unpaired) electrons. The second-order valence-corrected chi connectivity index (χ2v) is 7.33. The third kappa shape index (κ3) is 5.28. The SMILES string of the molecule is C[C@@H](c1ccc(OC(F)F)cc1)N1CCC(CCC(=O)O)(c2ccc(F)cc2)OC1=O. The Kier molecular flexibility index (Phi) is 6.72. The summed E-state index contributed by atoms with van der Waals surface area (Å²) in [5, 5.41) is 9.11. The number of hydrogen-bond donors (Lipinski definition) is 1. The maximum atomic E-state index is 13.4. The molecule has 1 N–H and O–H groups in total. The van der Waals surface area contributed by atoms with Crippen LogP contribution < -0.4 is 4.74 Å². The Morgan fingerprint density at radius 2 is 1.84 bits per heavy atom. The largest absolute Gasteiger partial charge is 0.481 e.